The van der Waals surface area contributed by atoms with E-state index in [4.69, 9.17) is 15.3 Å². The molecule has 3 atom stereocenters. The van der Waals surface area contributed by atoms with Gasteiger partial charge in [0.25, 0.3) is 0 Å². The molecular formula is C17H37NO6S. The summed E-state index contributed by atoms with van der Waals surface area (Å²) in [7, 11) is 2.48. The highest BCUT2D eigenvalue weighted by molar-refractivity contribution is 7.80. The number of carbonyl (C=O) groups excluding carboxylic acids is 2. The Kier molecular flexibility index (Phi) is 26.5. The summed E-state index contributed by atoms with van der Waals surface area (Å²) in [6.45, 7) is 10.5. The monoisotopic (exact) mass is 383 g/mol. The number of aliphatic carboxylic acids is 1. The Morgan fingerprint density at radius 2 is 1.48 bits per heavy atom. The van der Waals surface area contributed by atoms with Crippen molar-refractivity contribution < 1.29 is 29.7 Å². The summed E-state index contributed by atoms with van der Waals surface area (Å²) in [6, 6.07) is -0.766. The normalized spacial score (nSPS) is 12.4. The summed E-state index contributed by atoms with van der Waals surface area (Å²) >= 11 is 3.88. The maximum Gasteiger partial charge on any atom is 0.326 e. The van der Waals surface area contributed by atoms with Gasteiger partial charge in [0, 0.05) is 26.5 Å². The van der Waals surface area contributed by atoms with E-state index in [2.05, 4.69) is 12.6 Å². The van der Waals surface area contributed by atoms with Crippen molar-refractivity contribution in [3.63, 3.8) is 0 Å². The van der Waals surface area contributed by atoms with Gasteiger partial charge in [-0.25, -0.2) is 4.79 Å². The molecule has 0 aliphatic heterocycles. The van der Waals surface area contributed by atoms with E-state index in [0.29, 0.717) is 12.2 Å². The molecule has 0 saturated carbocycles. The van der Waals surface area contributed by atoms with E-state index < -0.39 is 12.0 Å². The number of nitrogens with zero attached hydrogens (tertiary/aromatic N) is 1. The molecule has 0 radical (unpaired) electrons. The molecule has 0 aliphatic rings. The van der Waals surface area contributed by atoms with E-state index in [1.54, 1.807) is 13.8 Å². The number of carboxylic acid groups (broad SMARTS) is 1. The fourth-order valence-corrected chi connectivity index (χ4v) is 1.52. The fourth-order valence-electron chi connectivity index (χ4n) is 1.33. The van der Waals surface area contributed by atoms with E-state index >= 15 is 0 Å². The standard InChI is InChI=1S/C7H13NO3S.C7H14O2.C2H6.CH4O/c1-5(7(10)11)8(2)6(9)3-4-12;1-5(7(3)9)4-6(2)8;2*1-2/h5,12H,3-4H2,1-2H3,(H,10,11);5-6,8H,4H2,1-3H3;1-2H3;2H,1H3/t5-;;;/m0.../s1. The van der Waals surface area contributed by atoms with E-state index in [0.717, 1.165) is 7.11 Å². The summed E-state index contributed by atoms with van der Waals surface area (Å²) in [4.78, 5) is 33.3. The number of likely N-dealkylation sites (N-methyl/N-ethyl adjacent to an activating group) is 1. The SMILES string of the molecule is CC.CC(=O)C(C)CC(C)O.CO.C[C@@H](C(=O)O)N(C)C(=O)CCS. The van der Waals surface area contributed by atoms with Gasteiger partial charge in [-0.3, -0.25) is 9.59 Å². The zero-order chi connectivity index (χ0) is 21.2. The van der Waals surface area contributed by atoms with Gasteiger partial charge < -0.3 is 20.2 Å². The second-order valence-electron chi connectivity index (χ2n) is 5.09. The minimum atomic E-state index is -0.995. The molecule has 0 aromatic carbocycles. The Hall–Kier alpha value is -1.12. The van der Waals surface area contributed by atoms with Gasteiger partial charge in [0.05, 0.1) is 6.10 Å². The van der Waals surface area contributed by atoms with Crippen LogP contribution in [0.2, 0.25) is 0 Å². The molecule has 0 aromatic heterocycles. The zero-order valence-corrected chi connectivity index (χ0v) is 17.7. The molecule has 0 fully saturated rings. The largest absolute Gasteiger partial charge is 0.480 e. The van der Waals surface area contributed by atoms with Crippen LogP contribution in [0.25, 0.3) is 0 Å². The third-order valence-electron chi connectivity index (χ3n) is 3.05. The Bertz CT molecular complexity index is 350. The molecule has 2 unspecified atom stereocenters. The predicted octanol–water partition coefficient (Wildman–Crippen LogP) is 1.85. The predicted molar refractivity (Wildman–Crippen MR) is 104 cm³/mol. The molecule has 7 nitrogen and oxygen atoms in total. The van der Waals surface area contributed by atoms with Crippen LogP contribution in [0.1, 0.15) is 54.4 Å². The van der Waals surface area contributed by atoms with E-state index in [-0.39, 0.29) is 30.1 Å². The highest BCUT2D eigenvalue weighted by Gasteiger charge is 2.20. The number of hydrogen-bond acceptors (Lipinski definition) is 6. The van der Waals surface area contributed by atoms with Crippen molar-refractivity contribution >= 4 is 30.3 Å². The smallest absolute Gasteiger partial charge is 0.326 e. The van der Waals surface area contributed by atoms with Crippen molar-refractivity contribution in [3.05, 3.63) is 0 Å². The average molecular weight is 384 g/mol. The van der Waals surface area contributed by atoms with Gasteiger partial charge in [-0.15, -0.1) is 0 Å². The maximum absolute atomic E-state index is 11.1. The van der Waals surface area contributed by atoms with Crippen LogP contribution in [0.3, 0.4) is 0 Å². The lowest BCUT2D eigenvalue weighted by Crippen LogP contribution is -2.40. The molecule has 0 rings (SSSR count). The third kappa shape index (κ3) is 20.8. The molecular weight excluding hydrogens is 346 g/mol. The van der Waals surface area contributed by atoms with E-state index in [9.17, 15) is 14.4 Å². The van der Waals surface area contributed by atoms with Crippen LogP contribution < -0.4 is 0 Å². The molecule has 8 heteroatoms. The average Bonchev–Trinajstić information content (AvgIpc) is 2.57. The van der Waals surface area contributed by atoms with Crippen molar-refractivity contribution in [3.8, 4) is 0 Å². The Balaban J connectivity index is -0.000000150. The number of amides is 1. The molecule has 3 N–H and O–H groups in total. The topological polar surface area (TPSA) is 115 Å². The van der Waals surface area contributed by atoms with Gasteiger partial charge in [-0.1, -0.05) is 20.8 Å². The second kappa shape index (κ2) is 20.9. The first-order valence-electron chi connectivity index (χ1n) is 8.27. The number of carbonyl (C=O) groups is 3. The minimum Gasteiger partial charge on any atom is -0.480 e. The maximum atomic E-state index is 11.1. The van der Waals surface area contributed by atoms with Crippen molar-refractivity contribution in [1.29, 1.82) is 0 Å². The Morgan fingerprint density at radius 3 is 1.68 bits per heavy atom. The molecule has 152 valence electrons. The van der Waals surface area contributed by atoms with E-state index in [1.807, 2.05) is 20.8 Å². The molecule has 0 aliphatic carbocycles. The lowest BCUT2D eigenvalue weighted by atomic mass is 10.0. The number of thiol groups is 1. The quantitative estimate of drug-likeness (QED) is 0.499. The van der Waals surface area contributed by atoms with E-state index in [1.165, 1.54) is 18.9 Å². The number of aliphatic hydroxyl groups is 2. The first-order chi connectivity index (χ1) is 11.5. The lowest BCUT2D eigenvalue weighted by molar-refractivity contribution is -0.148. The molecule has 0 aromatic rings. The number of hydrogen-bond donors (Lipinski definition) is 4. The van der Waals surface area contributed by atoms with Crippen molar-refractivity contribution in [1.82, 2.24) is 4.90 Å². The first kappa shape index (κ1) is 31.6. The second-order valence-corrected chi connectivity index (χ2v) is 5.54. The van der Waals surface area contributed by atoms with Gasteiger partial charge in [0.1, 0.15) is 11.8 Å². The van der Waals surface area contributed by atoms with Crippen LogP contribution >= 0.6 is 12.6 Å². The molecule has 25 heavy (non-hydrogen) atoms. The van der Waals surface area contributed by atoms with Gasteiger partial charge >= 0.3 is 5.97 Å². The minimum absolute atomic E-state index is 0.00463. The molecule has 0 heterocycles. The summed E-state index contributed by atoms with van der Waals surface area (Å²) in [5.41, 5.74) is 0. The molecule has 0 spiro atoms. The Labute approximate surface area is 157 Å². The number of Topliss-reactive ketones (excluding diaryl/α,β-unsaturated/α-hetero) is 1. The summed E-state index contributed by atoms with van der Waals surface area (Å²) in [6.07, 6.45) is 0.496. The van der Waals surface area contributed by atoms with Gasteiger partial charge in [-0.05, 0) is 32.9 Å². The number of carboxylic acids is 1. The molecule has 0 saturated heterocycles. The number of aliphatic hydroxyl groups excluding tert-OH is 2. The number of ketones is 1. The van der Waals surface area contributed by atoms with Gasteiger partial charge in [-0.2, -0.15) is 12.6 Å². The Morgan fingerprint density at radius 1 is 1.08 bits per heavy atom. The first-order valence-corrected chi connectivity index (χ1v) is 8.90. The summed E-state index contributed by atoms with van der Waals surface area (Å²) < 4.78 is 0. The highest BCUT2D eigenvalue weighted by Crippen LogP contribution is 2.05. The van der Waals surface area contributed by atoms with Crippen molar-refractivity contribution in [2.45, 2.75) is 66.5 Å². The third-order valence-corrected chi connectivity index (χ3v) is 3.27. The molecule has 1 amide bonds. The zero-order valence-electron chi connectivity index (χ0n) is 16.8. The highest BCUT2D eigenvalue weighted by atomic mass is 32.1. The lowest BCUT2D eigenvalue weighted by Gasteiger charge is -2.20. The summed E-state index contributed by atoms with van der Waals surface area (Å²) in [5.74, 6) is -0.596. The molecule has 0 bridgehead atoms. The van der Waals surface area contributed by atoms with Crippen LogP contribution in [-0.2, 0) is 14.4 Å². The van der Waals surface area contributed by atoms with Crippen LogP contribution in [0.5, 0.6) is 0 Å². The number of rotatable bonds is 7. The van der Waals surface area contributed by atoms with Gasteiger partial charge in [0.15, 0.2) is 0 Å². The van der Waals surface area contributed by atoms with Crippen molar-refractivity contribution in [2.24, 2.45) is 5.92 Å². The van der Waals surface area contributed by atoms with Crippen LogP contribution in [-0.4, -0.2) is 69.9 Å². The summed E-state index contributed by atoms with van der Waals surface area (Å²) in [5, 5.41) is 24.4. The van der Waals surface area contributed by atoms with Crippen LogP contribution in [0, 0.1) is 5.92 Å². The fraction of sp³-hybridized carbons (Fsp3) is 0.824. The van der Waals surface area contributed by atoms with Gasteiger partial charge in [0.2, 0.25) is 5.91 Å². The van der Waals surface area contributed by atoms with Crippen LogP contribution in [0.15, 0.2) is 0 Å². The van der Waals surface area contributed by atoms with Crippen LogP contribution in [0.4, 0.5) is 0 Å². The van der Waals surface area contributed by atoms with Crippen molar-refractivity contribution in [2.75, 3.05) is 19.9 Å².